The number of hydrogen-bond acceptors (Lipinski definition) is 6. The van der Waals surface area contributed by atoms with Crippen LogP contribution in [0.1, 0.15) is 52.5 Å². The molecular formula is C24H27N3O5S. The molecule has 2 aliphatic rings. The van der Waals surface area contributed by atoms with Crippen molar-refractivity contribution in [2.45, 2.75) is 44.4 Å². The molecule has 9 heteroatoms. The van der Waals surface area contributed by atoms with Crippen LogP contribution in [0.2, 0.25) is 0 Å². The number of primary amides is 1. The zero-order chi connectivity index (χ0) is 23.6. The molecular weight excluding hydrogens is 442 g/mol. The van der Waals surface area contributed by atoms with E-state index in [9.17, 15) is 19.2 Å². The number of thiophene rings is 1. The van der Waals surface area contributed by atoms with Crippen molar-refractivity contribution < 1.29 is 23.9 Å². The number of amides is 3. The van der Waals surface area contributed by atoms with Gasteiger partial charge in [0.05, 0.1) is 11.0 Å². The Morgan fingerprint density at radius 3 is 2.45 bits per heavy atom. The lowest BCUT2D eigenvalue weighted by atomic mass is 9.72. The van der Waals surface area contributed by atoms with E-state index >= 15 is 0 Å². The van der Waals surface area contributed by atoms with Gasteiger partial charge in [-0.1, -0.05) is 30.3 Å². The van der Waals surface area contributed by atoms with E-state index in [4.69, 9.17) is 10.5 Å². The number of carbonyl (C=O) groups excluding carboxylic acids is 4. The molecule has 3 amide bonds. The van der Waals surface area contributed by atoms with Crippen molar-refractivity contribution in [1.82, 2.24) is 4.90 Å². The first-order valence-electron chi connectivity index (χ1n) is 11.0. The molecule has 4 rings (SSSR count). The summed E-state index contributed by atoms with van der Waals surface area (Å²) in [6.07, 6.45) is 3.44. The van der Waals surface area contributed by atoms with Crippen molar-refractivity contribution in [2.75, 3.05) is 25.0 Å². The predicted octanol–water partition coefficient (Wildman–Crippen LogP) is 2.40. The fraction of sp³-hybridized carbons (Fsp3) is 0.417. The normalized spacial score (nSPS) is 16.7. The van der Waals surface area contributed by atoms with Gasteiger partial charge in [0.15, 0.2) is 6.61 Å². The number of carbonyl (C=O) groups is 4. The lowest BCUT2D eigenvalue weighted by molar-refractivity contribution is -0.156. The molecule has 1 fully saturated rings. The molecule has 0 saturated carbocycles. The van der Waals surface area contributed by atoms with Gasteiger partial charge >= 0.3 is 5.97 Å². The van der Waals surface area contributed by atoms with E-state index in [0.717, 1.165) is 35.3 Å². The van der Waals surface area contributed by atoms with Gasteiger partial charge in [-0.3, -0.25) is 19.2 Å². The summed E-state index contributed by atoms with van der Waals surface area (Å²) in [5, 5.41) is 3.12. The molecule has 0 radical (unpaired) electrons. The summed E-state index contributed by atoms with van der Waals surface area (Å²) in [5.74, 6) is -1.61. The monoisotopic (exact) mass is 469 g/mol. The van der Waals surface area contributed by atoms with Gasteiger partial charge in [0.1, 0.15) is 5.00 Å². The third-order valence-corrected chi connectivity index (χ3v) is 7.74. The maximum atomic E-state index is 13.3. The summed E-state index contributed by atoms with van der Waals surface area (Å²) in [4.78, 5) is 52.3. The SMILES string of the molecule is CC(=O)N1CCC(C(=O)OCC(=O)Nc2sc3c(c2C(N)=O)CCC3)(c2ccccc2)CC1. The molecule has 2 heterocycles. The van der Waals surface area contributed by atoms with E-state index in [2.05, 4.69) is 5.32 Å². The van der Waals surface area contributed by atoms with Crippen LogP contribution in [-0.4, -0.2) is 48.3 Å². The second-order valence-corrected chi connectivity index (χ2v) is 9.61. The molecule has 1 saturated heterocycles. The highest BCUT2D eigenvalue weighted by Crippen LogP contribution is 2.39. The van der Waals surface area contributed by atoms with Crippen LogP contribution in [0.4, 0.5) is 5.00 Å². The van der Waals surface area contributed by atoms with Crippen LogP contribution >= 0.6 is 11.3 Å². The van der Waals surface area contributed by atoms with Crippen molar-refractivity contribution in [1.29, 1.82) is 0 Å². The molecule has 3 N–H and O–H groups in total. The molecule has 1 aliphatic carbocycles. The first-order chi connectivity index (χ1) is 15.8. The summed E-state index contributed by atoms with van der Waals surface area (Å²) in [5.41, 5.74) is 6.72. The van der Waals surface area contributed by atoms with E-state index in [1.165, 1.54) is 18.3 Å². The number of nitrogens with zero attached hydrogens (tertiary/aromatic N) is 1. The Hall–Kier alpha value is -3.20. The van der Waals surface area contributed by atoms with Gasteiger partial charge < -0.3 is 20.7 Å². The van der Waals surface area contributed by atoms with Crippen LogP contribution < -0.4 is 11.1 Å². The number of benzene rings is 1. The van der Waals surface area contributed by atoms with Gasteiger partial charge in [-0.25, -0.2) is 0 Å². The Morgan fingerprint density at radius 1 is 1.12 bits per heavy atom. The largest absolute Gasteiger partial charge is 0.455 e. The summed E-state index contributed by atoms with van der Waals surface area (Å²) in [6, 6.07) is 9.33. The van der Waals surface area contributed by atoms with Crippen LogP contribution in [0.25, 0.3) is 0 Å². The molecule has 2 aromatic rings. The van der Waals surface area contributed by atoms with Gasteiger partial charge in [0.2, 0.25) is 5.91 Å². The standard InChI is InChI=1S/C24H27N3O5S/c1-15(28)27-12-10-24(11-13-27,16-6-3-2-4-7-16)23(31)32-14-19(29)26-22-20(21(25)30)17-8-5-9-18(17)33-22/h2-4,6-7H,5,8-14H2,1H3,(H2,25,30)(H,26,29). The van der Waals surface area contributed by atoms with E-state index in [1.54, 1.807) is 4.90 Å². The molecule has 0 bridgehead atoms. The highest BCUT2D eigenvalue weighted by atomic mass is 32.1. The second kappa shape index (κ2) is 9.35. The summed E-state index contributed by atoms with van der Waals surface area (Å²) >= 11 is 1.36. The smallest absolute Gasteiger partial charge is 0.317 e. The van der Waals surface area contributed by atoms with E-state index in [1.807, 2.05) is 30.3 Å². The molecule has 174 valence electrons. The molecule has 0 atom stereocenters. The van der Waals surface area contributed by atoms with Crippen molar-refractivity contribution in [3.8, 4) is 0 Å². The Bertz CT molecular complexity index is 1090. The summed E-state index contributed by atoms with van der Waals surface area (Å²) in [6.45, 7) is 1.92. The average Bonchev–Trinajstić information content (AvgIpc) is 3.38. The number of ether oxygens (including phenoxy) is 1. The van der Waals surface area contributed by atoms with Crippen LogP contribution in [0, 0.1) is 0 Å². The maximum Gasteiger partial charge on any atom is 0.317 e. The summed E-state index contributed by atoms with van der Waals surface area (Å²) < 4.78 is 5.48. The molecule has 1 aromatic carbocycles. The number of likely N-dealkylation sites (tertiary alicyclic amines) is 1. The lowest BCUT2D eigenvalue weighted by Crippen LogP contribution is -2.49. The summed E-state index contributed by atoms with van der Waals surface area (Å²) in [7, 11) is 0. The van der Waals surface area contributed by atoms with Gasteiger partial charge in [0.25, 0.3) is 11.8 Å². The van der Waals surface area contributed by atoms with E-state index in [0.29, 0.717) is 36.5 Å². The van der Waals surface area contributed by atoms with Crippen LogP contribution in [0.3, 0.4) is 0 Å². The van der Waals surface area contributed by atoms with Crippen LogP contribution in [0.15, 0.2) is 30.3 Å². The fourth-order valence-corrected chi connectivity index (χ4v) is 6.07. The minimum absolute atomic E-state index is 0.0301. The number of anilines is 1. The minimum atomic E-state index is -0.921. The Balaban J connectivity index is 1.46. The first kappa shape index (κ1) is 23.0. The number of rotatable bonds is 6. The quantitative estimate of drug-likeness (QED) is 0.630. The van der Waals surface area contributed by atoms with Crippen LogP contribution in [0.5, 0.6) is 0 Å². The molecule has 0 unspecified atom stereocenters. The van der Waals surface area contributed by atoms with Crippen molar-refractivity contribution >= 4 is 40.0 Å². The van der Waals surface area contributed by atoms with Gasteiger partial charge in [-0.15, -0.1) is 11.3 Å². The van der Waals surface area contributed by atoms with Crippen molar-refractivity contribution in [3.63, 3.8) is 0 Å². The zero-order valence-corrected chi connectivity index (χ0v) is 19.3. The Kier molecular flexibility index (Phi) is 6.51. The number of fused-ring (bicyclic) bond motifs is 1. The second-order valence-electron chi connectivity index (χ2n) is 8.50. The average molecular weight is 470 g/mol. The van der Waals surface area contributed by atoms with E-state index < -0.39 is 29.8 Å². The first-order valence-corrected chi connectivity index (χ1v) is 11.9. The number of nitrogens with two attached hydrogens (primary N) is 1. The van der Waals surface area contributed by atoms with Crippen molar-refractivity contribution in [2.24, 2.45) is 5.73 Å². The third kappa shape index (κ3) is 4.50. The van der Waals surface area contributed by atoms with Crippen LogP contribution in [-0.2, 0) is 37.4 Å². The van der Waals surface area contributed by atoms with Gasteiger partial charge in [0, 0.05) is 24.9 Å². The highest BCUT2D eigenvalue weighted by molar-refractivity contribution is 7.17. The third-order valence-electron chi connectivity index (χ3n) is 6.53. The molecule has 1 aromatic heterocycles. The van der Waals surface area contributed by atoms with Gasteiger partial charge in [-0.05, 0) is 43.2 Å². The minimum Gasteiger partial charge on any atom is -0.455 e. The molecule has 0 spiro atoms. The maximum absolute atomic E-state index is 13.3. The zero-order valence-electron chi connectivity index (χ0n) is 18.5. The fourth-order valence-electron chi connectivity index (χ4n) is 4.76. The molecule has 33 heavy (non-hydrogen) atoms. The number of piperidine rings is 1. The molecule has 8 nitrogen and oxygen atoms in total. The topological polar surface area (TPSA) is 119 Å². The van der Waals surface area contributed by atoms with Gasteiger partial charge in [-0.2, -0.15) is 0 Å². The van der Waals surface area contributed by atoms with E-state index in [-0.39, 0.29) is 5.91 Å². The number of esters is 1. The number of hydrogen-bond donors (Lipinski definition) is 2. The number of nitrogens with one attached hydrogen (secondary N) is 1. The predicted molar refractivity (Wildman–Crippen MR) is 124 cm³/mol. The van der Waals surface area contributed by atoms with Crippen molar-refractivity contribution in [3.05, 3.63) is 51.9 Å². The highest BCUT2D eigenvalue weighted by Gasteiger charge is 2.45. The Morgan fingerprint density at radius 2 is 1.82 bits per heavy atom. The lowest BCUT2D eigenvalue weighted by Gasteiger charge is -2.40. The number of aryl methyl sites for hydroxylation is 1. The molecule has 1 aliphatic heterocycles. The Labute approximate surface area is 196 Å².